The maximum Gasteiger partial charge on any atom is 0.228 e. The van der Waals surface area contributed by atoms with Gasteiger partial charge in [0.25, 0.3) is 0 Å². The summed E-state index contributed by atoms with van der Waals surface area (Å²) in [6.45, 7) is 2.95. The third-order valence-electron chi connectivity index (χ3n) is 4.30. The molecule has 0 aromatic heterocycles. The maximum atomic E-state index is 12.5. The first kappa shape index (κ1) is 20.2. The largest absolute Gasteiger partial charge is 0.384 e. The van der Waals surface area contributed by atoms with E-state index in [2.05, 4.69) is 10.6 Å². The Hall–Kier alpha value is -0.810. The van der Waals surface area contributed by atoms with Crippen molar-refractivity contribution < 1.29 is 9.53 Å². The molecular weight excluding hydrogens is 335 g/mol. The lowest BCUT2D eigenvalue weighted by Gasteiger charge is -2.35. The monoisotopic (exact) mass is 360 g/mol. The van der Waals surface area contributed by atoms with E-state index in [0.717, 1.165) is 43.8 Å². The summed E-state index contributed by atoms with van der Waals surface area (Å²) in [5, 5.41) is 7.14. The first-order valence-electron chi connectivity index (χ1n) is 7.89. The van der Waals surface area contributed by atoms with Crippen LogP contribution in [0.2, 0.25) is 5.02 Å². The van der Waals surface area contributed by atoms with E-state index in [1.165, 1.54) is 5.56 Å². The molecule has 23 heavy (non-hydrogen) atoms. The Morgan fingerprint density at radius 1 is 1.30 bits per heavy atom. The summed E-state index contributed by atoms with van der Waals surface area (Å²) in [6.07, 6.45) is 3.54. The zero-order valence-corrected chi connectivity index (χ0v) is 15.1. The Labute approximate surface area is 149 Å². The molecule has 0 unspecified atom stereocenters. The average molecular weight is 361 g/mol. The lowest BCUT2D eigenvalue weighted by molar-refractivity contribution is -0.136. The first-order valence-corrected chi connectivity index (χ1v) is 8.26. The highest BCUT2D eigenvalue weighted by Crippen LogP contribution is 2.29. The van der Waals surface area contributed by atoms with Crippen molar-refractivity contribution in [3.8, 4) is 0 Å². The number of benzene rings is 1. The van der Waals surface area contributed by atoms with Crippen molar-refractivity contribution in [2.45, 2.75) is 25.7 Å². The first-order chi connectivity index (χ1) is 10.7. The molecule has 0 bridgehead atoms. The summed E-state index contributed by atoms with van der Waals surface area (Å²) in [5.74, 6) is 0.131. The summed E-state index contributed by atoms with van der Waals surface area (Å²) >= 11 is 5.87. The molecule has 0 aliphatic carbocycles. The summed E-state index contributed by atoms with van der Waals surface area (Å²) < 4.78 is 5.29. The van der Waals surface area contributed by atoms with E-state index in [4.69, 9.17) is 16.3 Å². The van der Waals surface area contributed by atoms with Crippen molar-refractivity contribution in [1.82, 2.24) is 10.6 Å². The fourth-order valence-corrected chi connectivity index (χ4v) is 3.08. The van der Waals surface area contributed by atoms with Crippen molar-refractivity contribution in [3.63, 3.8) is 0 Å². The average Bonchev–Trinajstić information content (AvgIpc) is 2.54. The van der Waals surface area contributed by atoms with Gasteiger partial charge in [-0.2, -0.15) is 0 Å². The molecule has 1 aliphatic rings. The number of aryl methyl sites for hydroxylation is 1. The van der Waals surface area contributed by atoms with Crippen molar-refractivity contribution in [2.24, 2.45) is 5.41 Å². The molecule has 6 heteroatoms. The van der Waals surface area contributed by atoms with Gasteiger partial charge in [0.2, 0.25) is 5.91 Å². The molecule has 1 heterocycles. The number of piperidine rings is 1. The van der Waals surface area contributed by atoms with Crippen LogP contribution in [0.25, 0.3) is 0 Å². The quantitative estimate of drug-likeness (QED) is 0.735. The lowest BCUT2D eigenvalue weighted by atomic mass is 9.78. The molecule has 0 atom stereocenters. The van der Waals surface area contributed by atoms with Gasteiger partial charge in [-0.15, -0.1) is 12.4 Å². The van der Waals surface area contributed by atoms with Gasteiger partial charge in [-0.25, -0.2) is 0 Å². The molecule has 0 spiro atoms. The van der Waals surface area contributed by atoms with E-state index in [0.29, 0.717) is 13.2 Å². The second-order valence-electron chi connectivity index (χ2n) is 5.95. The van der Waals surface area contributed by atoms with Crippen LogP contribution >= 0.6 is 24.0 Å². The molecule has 2 rings (SSSR count). The Balaban J connectivity index is 0.00000264. The Bertz CT molecular complexity index is 468. The van der Waals surface area contributed by atoms with Gasteiger partial charge in [-0.1, -0.05) is 23.7 Å². The number of rotatable bonds is 7. The number of methoxy groups -OCH3 is 1. The smallest absolute Gasteiger partial charge is 0.228 e. The highest BCUT2D eigenvalue weighted by Gasteiger charge is 2.39. The third kappa shape index (κ3) is 5.96. The highest BCUT2D eigenvalue weighted by atomic mass is 35.5. The van der Waals surface area contributed by atoms with Gasteiger partial charge in [-0.05, 0) is 56.5 Å². The Morgan fingerprint density at radius 3 is 2.57 bits per heavy atom. The number of halogens is 2. The second-order valence-corrected chi connectivity index (χ2v) is 6.39. The zero-order valence-electron chi connectivity index (χ0n) is 13.6. The van der Waals surface area contributed by atoms with Crippen LogP contribution in [0, 0.1) is 5.41 Å². The maximum absolute atomic E-state index is 12.5. The molecule has 1 amide bonds. The molecule has 0 radical (unpaired) electrons. The van der Waals surface area contributed by atoms with Crippen LogP contribution in [-0.4, -0.2) is 39.3 Å². The van der Waals surface area contributed by atoms with Gasteiger partial charge >= 0.3 is 0 Å². The number of carbonyl (C=O) groups is 1. The van der Waals surface area contributed by atoms with Crippen molar-refractivity contribution in [1.29, 1.82) is 0 Å². The van der Waals surface area contributed by atoms with E-state index in [1.807, 2.05) is 24.3 Å². The molecule has 1 aromatic rings. The van der Waals surface area contributed by atoms with Crippen LogP contribution in [-0.2, 0) is 16.0 Å². The Morgan fingerprint density at radius 2 is 1.96 bits per heavy atom. The minimum absolute atomic E-state index is 0. The summed E-state index contributed by atoms with van der Waals surface area (Å²) in [5.41, 5.74) is 0.882. The fourth-order valence-electron chi connectivity index (χ4n) is 2.95. The number of nitrogens with one attached hydrogen (secondary N) is 2. The second kappa shape index (κ2) is 10.1. The molecular formula is C17H26Cl2N2O2. The topological polar surface area (TPSA) is 50.4 Å². The number of hydrogen-bond donors (Lipinski definition) is 2. The van der Waals surface area contributed by atoms with E-state index in [1.54, 1.807) is 7.11 Å². The van der Waals surface area contributed by atoms with Gasteiger partial charge in [0.15, 0.2) is 0 Å². The van der Waals surface area contributed by atoms with Crippen molar-refractivity contribution in [3.05, 3.63) is 34.9 Å². The lowest BCUT2D eigenvalue weighted by Crippen LogP contribution is -2.50. The predicted octanol–water partition coefficient (Wildman–Crippen LogP) is 2.83. The van der Waals surface area contributed by atoms with Gasteiger partial charge in [0, 0.05) is 18.7 Å². The van der Waals surface area contributed by atoms with Crippen molar-refractivity contribution in [2.75, 3.05) is 33.4 Å². The summed E-state index contributed by atoms with van der Waals surface area (Å²) in [4.78, 5) is 12.5. The highest BCUT2D eigenvalue weighted by molar-refractivity contribution is 6.30. The zero-order chi connectivity index (χ0) is 15.8. The number of carbonyl (C=O) groups excluding carboxylic acids is 1. The van der Waals surface area contributed by atoms with Gasteiger partial charge in [0.05, 0.1) is 12.0 Å². The minimum Gasteiger partial charge on any atom is -0.384 e. The van der Waals surface area contributed by atoms with E-state index in [-0.39, 0.29) is 23.7 Å². The molecule has 130 valence electrons. The Kier molecular flexibility index (Phi) is 8.92. The number of amides is 1. The van der Waals surface area contributed by atoms with Gasteiger partial charge in [-0.3, -0.25) is 4.79 Å². The normalized spacial score (nSPS) is 16.4. The predicted molar refractivity (Wildman–Crippen MR) is 96.4 cm³/mol. The third-order valence-corrected chi connectivity index (χ3v) is 4.56. The summed E-state index contributed by atoms with van der Waals surface area (Å²) in [6, 6.07) is 7.86. The number of hydrogen-bond acceptors (Lipinski definition) is 3. The van der Waals surface area contributed by atoms with Gasteiger partial charge in [0.1, 0.15) is 0 Å². The van der Waals surface area contributed by atoms with E-state index >= 15 is 0 Å². The molecule has 1 fully saturated rings. The number of ether oxygens (including phenoxy) is 1. The van der Waals surface area contributed by atoms with Crippen LogP contribution < -0.4 is 10.6 Å². The molecule has 1 aliphatic heterocycles. The van der Waals surface area contributed by atoms with E-state index < -0.39 is 0 Å². The van der Waals surface area contributed by atoms with Crippen LogP contribution in [0.4, 0.5) is 0 Å². The van der Waals surface area contributed by atoms with Crippen LogP contribution in [0.1, 0.15) is 24.8 Å². The fraction of sp³-hybridized carbons (Fsp3) is 0.588. The van der Waals surface area contributed by atoms with Gasteiger partial charge < -0.3 is 15.4 Å². The van der Waals surface area contributed by atoms with Crippen LogP contribution in [0.15, 0.2) is 24.3 Å². The van der Waals surface area contributed by atoms with Crippen LogP contribution in [0.5, 0.6) is 0 Å². The summed E-state index contributed by atoms with van der Waals surface area (Å²) in [7, 11) is 1.66. The van der Waals surface area contributed by atoms with Crippen LogP contribution in [0.3, 0.4) is 0 Å². The SMILES string of the molecule is COCC1(C(=O)NCCCc2ccc(Cl)cc2)CCNCC1.Cl. The molecule has 1 aromatic carbocycles. The van der Waals surface area contributed by atoms with E-state index in [9.17, 15) is 4.79 Å². The minimum atomic E-state index is -0.361. The molecule has 0 saturated carbocycles. The standard InChI is InChI=1S/C17H25ClN2O2.ClH/c1-22-13-17(8-11-19-12-9-17)16(21)20-10-2-3-14-4-6-15(18)7-5-14;/h4-7,19H,2-3,8-13H2,1H3,(H,20,21);1H. The molecule has 1 saturated heterocycles. The molecule has 2 N–H and O–H groups in total. The van der Waals surface area contributed by atoms with Crippen molar-refractivity contribution >= 4 is 29.9 Å². The molecule has 4 nitrogen and oxygen atoms in total.